The molecule has 1 fully saturated rings. The Balaban J connectivity index is 1.55. The Labute approximate surface area is 153 Å². The van der Waals surface area contributed by atoms with Crippen LogP contribution in [-0.2, 0) is 6.54 Å². The molecule has 2 atom stereocenters. The number of likely N-dealkylation sites (tertiary alicyclic amines) is 1. The third-order valence-electron chi connectivity index (χ3n) is 4.94. The Morgan fingerprint density at radius 2 is 2.04 bits per heavy atom. The molecule has 0 aliphatic carbocycles. The summed E-state index contributed by atoms with van der Waals surface area (Å²) in [6.07, 6.45) is 1.03. The fraction of sp³-hybridized carbons (Fsp3) is 0.350. The van der Waals surface area contributed by atoms with Crippen molar-refractivity contribution in [2.75, 3.05) is 13.1 Å². The van der Waals surface area contributed by atoms with Crippen LogP contribution in [0.15, 0.2) is 54.6 Å². The predicted octanol–water partition coefficient (Wildman–Crippen LogP) is 3.24. The molecule has 6 nitrogen and oxygen atoms in total. The van der Waals surface area contributed by atoms with E-state index in [2.05, 4.69) is 22.3 Å². The summed E-state index contributed by atoms with van der Waals surface area (Å²) in [6, 6.07) is 16.2. The number of hydrogen-bond donors (Lipinski definition) is 1. The molecule has 2 aromatic rings. The van der Waals surface area contributed by atoms with E-state index in [1.165, 1.54) is 23.8 Å². The van der Waals surface area contributed by atoms with Gasteiger partial charge in [-0.2, -0.15) is 0 Å². The molecule has 26 heavy (non-hydrogen) atoms. The molecule has 1 amide bonds. The molecule has 1 heterocycles. The lowest BCUT2D eigenvalue weighted by atomic mass is 10.00. The summed E-state index contributed by atoms with van der Waals surface area (Å²) >= 11 is 0. The van der Waals surface area contributed by atoms with Gasteiger partial charge in [-0.25, -0.2) is 0 Å². The highest BCUT2D eigenvalue weighted by Gasteiger charge is 2.28. The van der Waals surface area contributed by atoms with Crippen molar-refractivity contribution < 1.29 is 9.72 Å². The van der Waals surface area contributed by atoms with Gasteiger partial charge in [0.05, 0.1) is 4.92 Å². The maximum absolute atomic E-state index is 12.4. The molecule has 1 aliphatic rings. The first kappa shape index (κ1) is 18.1. The molecule has 2 unspecified atom stereocenters. The van der Waals surface area contributed by atoms with Crippen molar-refractivity contribution >= 4 is 11.6 Å². The number of amides is 1. The first-order valence-electron chi connectivity index (χ1n) is 8.84. The predicted molar refractivity (Wildman–Crippen MR) is 99.9 cm³/mol. The second kappa shape index (κ2) is 8.10. The molecule has 0 spiro atoms. The molecular weight excluding hydrogens is 330 g/mol. The lowest BCUT2D eigenvalue weighted by Crippen LogP contribution is -2.39. The molecule has 6 heteroatoms. The normalized spacial score (nSPS) is 18.4. The van der Waals surface area contributed by atoms with E-state index in [1.54, 1.807) is 6.07 Å². The van der Waals surface area contributed by atoms with E-state index in [0.29, 0.717) is 11.5 Å². The van der Waals surface area contributed by atoms with Crippen molar-refractivity contribution in [1.82, 2.24) is 10.2 Å². The maximum atomic E-state index is 12.4. The molecule has 0 bridgehead atoms. The Bertz CT molecular complexity index is 779. The fourth-order valence-electron chi connectivity index (χ4n) is 3.42. The highest BCUT2D eigenvalue weighted by Crippen LogP contribution is 2.22. The minimum atomic E-state index is -0.487. The quantitative estimate of drug-likeness (QED) is 0.639. The first-order valence-corrected chi connectivity index (χ1v) is 8.84. The number of rotatable bonds is 6. The second-order valence-corrected chi connectivity index (χ2v) is 6.84. The number of hydrogen-bond acceptors (Lipinski definition) is 4. The zero-order valence-corrected chi connectivity index (χ0v) is 14.8. The SMILES string of the molecule is CC(NC(=O)c1cccc([N+](=O)[O-])c1)C1CCN(Cc2ccccc2)C1. The maximum Gasteiger partial charge on any atom is 0.270 e. The topological polar surface area (TPSA) is 75.5 Å². The summed E-state index contributed by atoms with van der Waals surface area (Å²) in [5, 5.41) is 13.9. The third-order valence-corrected chi connectivity index (χ3v) is 4.94. The van der Waals surface area contributed by atoms with Gasteiger partial charge in [-0.05, 0) is 37.4 Å². The summed E-state index contributed by atoms with van der Waals surface area (Å²) in [5.41, 5.74) is 1.55. The number of benzene rings is 2. The van der Waals surface area contributed by atoms with Crippen LogP contribution < -0.4 is 5.32 Å². The van der Waals surface area contributed by atoms with E-state index in [4.69, 9.17) is 0 Å². The van der Waals surface area contributed by atoms with E-state index in [0.717, 1.165) is 26.1 Å². The van der Waals surface area contributed by atoms with Gasteiger partial charge in [0.25, 0.3) is 11.6 Å². The smallest absolute Gasteiger partial charge is 0.270 e. The Morgan fingerprint density at radius 1 is 1.27 bits per heavy atom. The Hall–Kier alpha value is -2.73. The number of carbonyl (C=O) groups is 1. The summed E-state index contributed by atoms with van der Waals surface area (Å²) in [4.78, 5) is 25.2. The molecule has 1 aliphatic heterocycles. The number of carbonyl (C=O) groups excluding carboxylic acids is 1. The summed E-state index contributed by atoms with van der Waals surface area (Å²) in [6.45, 7) is 4.87. The van der Waals surface area contributed by atoms with Gasteiger partial charge in [0.2, 0.25) is 0 Å². The van der Waals surface area contributed by atoms with Crippen LogP contribution in [0.1, 0.15) is 29.3 Å². The van der Waals surface area contributed by atoms with E-state index in [1.807, 2.05) is 25.1 Å². The first-order chi connectivity index (χ1) is 12.5. The molecule has 136 valence electrons. The standard InChI is InChI=1S/C20H23N3O3/c1-15(21-20(24)17-8-5-9-19(12-17)23(25)26)18-10-11-22(14-18)13-16-6-3-2-4-7-16/h2-9,12,15,18H,10-11,13-14H2,1H3,(H,21,24). The lowest BCUT2D eigenvalue weighted by molar-refractivity contribution is -0.384. The average molecular weight is 353 g/mol. The van der Waals surface area contributed by atoms with E-state index >= 15 is 0 Å². The zero-order valence-electron chi connectivity index (χ0n) is 14.8. The number of nitrogens with one attached hydrogen (secondary N) is 1. The molecular formula is C20H23N3O3. The molecule has 3 rings (SSSR count). The van der Waals surface area contributed by atoms with Crippen LogP contribution in [0.2, 0.25) is 0 Å². The number of non-ortho nitro benzene ring substituents is 1. The van der Waals surface area contributed by atoms with Crippen LogP contribution in [0, 0.1) is 16.0 Å². The number of nitro groups is 1. The van der Waals surface area contributed by atoms with Crippen LogP contribution in [0.3, 0.4) is 0 Å². The van der Waals surface area contributed by atoms with Gasteiger partial charge in [-0.1, -0.05) is 36.4 Å². The monoisotopic (exact) mass is 353 g/mol. The van der Waals surface area contributed by atoms with Gasteiger partial charge in [-0.15, -0.1) is 0 Å². The molecule has 0 saturated carbocycles. The van der Waals surface area contributed by atoms with Crippen molar-refractivity contribution in [3.05, 3.63) is 75.8 Å². The van der Waals surface area contributed by atoms with Crippen molar-refractivity contribution in [1.29, 1.82) is 0 Å². The van der Waals surface area contributed by atoms with Crippen molar-refractivity contribution in [2.24, 2.45) is 5.92 Å². The highest BCUT2D eigenvalue weighted by atomic mass is 16.6. The van der Waals surface area contributed by atoms with E-state index in [9.17, 15) is 14.9 Å². The lowest BCUT2D eigenvalue weighted by Gasteiger charge is -2.22. The fourth-order valence-corrected chi connectivity index (χ4v) is 3.42. The van der Waals surface area contributed by atoms with Crippen LogP contribution in [0.4, 0.5) is 5.69 Å². The van der Waals surface area contributed by atoms with Crippen LogP contribution in [0.25, 0.3) is 0 Å². The van der Waals surface area contributed by atoms with E-state index in [-0.39, 0.29) is 17.6 Å². The van der Waals surface area contributed by atoms with Crippen molar-refractivity contribution in [3.8, 4) is 0 Å². The minimum absolute atomic E-state index is 0.0162. The number of nitro benzene ring substituents is 1. The average Bonchev–Trinajstić information content (AvgIpc) is 3.11. The number of nitrogens with zero attached hydrogens (tertiary/aromatic N) is 2. The van der Waals surface area contributed by atoms with Crippen LogP contribution in [0.5, 0.6) is 0 Å². The molecule has 0 radical (unpaired) electrons. The third kappa shape index (κ3) is 4.46. The van der Waals surface area contributed by atoms with Crippen LogP contribution >= 0.6 is 0 Å². The van der Waals surface area contributed by atoms with Crippen LogP contribution in [-0.4, -0.2) is 34.9 Å². The highest BCUT2D eigenvalue weighted by molar-refractivity contribution is 5.95. The molecule has 0 aromatic heterocycles. The Morgan fingerprint density at radius 3 is 2.77 bits per heavy atom. The second-order valence-electron chi connectivity index (χ2n) is 6.84. The van der Waals surface area contributed by atoms with Gasteiger partial charge in [-0.3, -0.25) is 19.8 Å². The molecule has 2 aromatic carbocycles. The summed E-state index contributed by atoms with van der Waals surface area (Å²) in [5.74, 6) is 0.115. The Kier molecular flexibility index (Phi) is 5.63. The van der Waals surface area contributed by atoms with Crippen molar-refractivity contribution in [2.45, 2.75) is 25.9 Å². The zero-order chi connectivity index (χ0) is 18.5. The minimum Gasteiger partial charge on any atom is -0.349 e. The molecule has 1 saturated heterocycles. The van der Waals surface area contributed by atoms with E-state index < -0.39 is 4.92 Å². The van der Waals surface area contributed by atoms with Gasteiger partial charge < -0.3 is 5.32 Å². The van der Waals surface area contributed by atoms with Gasteiger partial charge >= 0.3 is 0 Å². The van der Waals surface area contributed by atoms with Gasteiger partial charge in [0.1, 0.15) is 0 Å². The summed E-state index contributed by atoms with van der Waals surface area (Å²) in [7, 11) is 0. The molecule has 1 N–H and O–H groups in total. The largest absolute Gasteiger partial charge is 0.349 e. The summed E-state index contributed by atoms with van der Waals surface area (Å²) < 4.78 is 0. The van der Waals surface area contributed by atoms with Gasteiger partial charge in [0, 0.05) is 36.8 Å². The van der Waals surface area contributed by atoms with Gasteiger partial charge in [0.15, 0.2) is 0 Å². The van der Waals surface area contributed by atoms with Crippen molar-refractivity contribution in [3.63, 3.8) is 0 Å².